The van der Waals surface area contributed by atoms with Crippen molar-refractivity contribution in [2.75, 3.05) is 12.8 Å². The third-order valence-corrected chi connectivity index (χ3v) is 3.09. The second-order valence-electron chi connectivity index (χ2n) is 3.39. The van der Waals surface area contributed by atoms with Crippen LogP contribution in [0.2, 0.25) is 0 Å². The van der Waals surface area contributed by atoms with E-state index in [1.165, 1.54) is 7.11 Å². The number of fused-ring (bicyclic) bond motifs is 1. The molecule has 4 heteroatoms. The van der Waals surface area contributed by atoms with E-state index >= 15 is 0 Å². The van der Waals surface area contributed by atoms with Crippen LogP contribution in [0.1, 0.15) is 10.4 Å². The first kappa shape index (κ1) is 11.0. The van der Waals surface area contributed by atoms with Gasteiger partial charge in [-0.25, -0.2) is 4.79 Å². The Labute approximate surface area is 101 Å². The SMILES string of the molecule is COC(=O)c1cc2cccc(Br)c2cc1N. The standard InChI is InChI=1S/C12H10BrNO2/c1-16-12(15)9-5-7-3-2-4-10(13)8(7)6-11(9)14/h2-6H,14H2,1H3. The van der Waals surface area contributed by atoms with Gasteiger partial charge in [0.15, 0.2) is 0 Å². The first-order chi connectivity index (χ1) is 7.63. The maximum Gasteiger partial charge on any atom is 0.339 e. The Morgan fingerprint density at radius 1 is 1.38 bits per heavy atom. The molecule has 0 heterocycles. The zero-order valence-corrected chi connectivity index (χ0v) is 10.2. The van der Waals surface area contributed by atoms with Crippen LogP contribution in [-0.4, -0.2) is 13.1 Å². The number of hydrogen-bond acceptors (Lipinski definition) is 3. The Kier molecular flexibility index (Phi) is 2.83. The molecule has 0 saturated heterocycles. The minimum Gasteiger partial charge on any atom is -0.465 e. The number of carbonyl (C=O) groups is 1. The monoisotopic (exact) mass is 279 g/mol. The zero-order valence-electron chi connectivity index (χ0n) is 8.66. The van der Waals surface area contributed by atoms with Crippen molar-refractivity contribution >= 4 is 38.4 Å². The van der Waals surface area contributed by atoms with Crippen molar-refractivity contribution in [1.82, 2.24) is 0 Å². The average molecular weight is 280 g/mol. The van der Waals surface area contributed by atoms with Gasteiger partial charge in [-0.05, 0) is 29.0 Å². The number of esters is 1. The molecule has 0 aliphatic heterocycles. The lowest BCUT2D eigenvalue weighted by Gasteiger charge is -2.07. The maximum atomic E-state index is 11.4. The number of ether oxygens (including phenoxy) is 1. The van der Waals surface area contributed by atoms with E-state index < -0.39 is 5.97 Å². The van der Waals surface area contributed by atoms with Crippen LogP contribution in [0, 0.1) is 0 Å². The Balaban J connectivity index is 2.72. The number of benzene rings is 2. The number of nitrogen functional groups attached to an aromatic ring is 1. The van der Waals surface area contributed by atoms with Crippen LogP contribution in [0.15, 0.2) is 34.8 Å². The summed E-state index contributed by atoms with van der Waals surface area (Å²) in [4.78, 5) is 11.4. The molecular formula is C12H10BrNO2. The lowest BCUT2D eigenvalue weighted by atomic mass is 10.1. The number of methoxy groups -OCH3 is 1. The van der Waals surface area contributed by atoms with Crippen molar-refractivity contribution in [2.45, 2.75) is 0 Å². The predicted molar refractivity (Wildman–Crippen MR) is 67.4 cm³/mol. The van der Waals surface area contributed by atoms with E-state index in [-0.39, 0.29) is 0 Å². The topological polar surface area (TPSA) is 52.3 Å². The highest BCUT2D eigenvalue weighted by atomic mass is 79.9. The maximum absolute atomic E-state index is 11.4. The lowest BCUT2D eigenvalue weighted by molar-refractivity contribution is 0.0602. The molecule has 0 unspecified atom stereocenters. The first-order valence-corrected chi connectivity index (χ1v) is 5.49. The van der Waals surface area contributed by atoms with Crippen molar-refractivity contribution in [1.29, 1.82) is 0 Å². The summed E-state index contributed by atoms with van der Waals surface area (Å²) in [6, 6.07) is 9.27. The molecule has 3 nitrogen and oxygen atoms in total. The molecule has 82 valence electrons. The molecule has 2 aromatic rings. The summed E-state index contributed by atoms with van der Waals surface area (Å²) in [6.07, 6.45) is 0. The van der Waals surface area contributed by atoms with Gasteiger partial charge in [-0.3, -0.25) is 0 Å². The van der Waals surface area contributed by atoms with Crippen molar-refractivity contribution in [2.24, 2.45) is 0 Å². The van der Waals surface area contributed by atoms with Crippen molar-refractivity contribution < 1.29 is 9.53 Å². The second-order valence-corrected chi connectivity index (χ2v) is 4.25. The normalized spacial score (nSPS) is 10.4. The molecule has 0 bridgehead atoms. The minimum absolute atomic E-state index is 0.396. The quantitative estimate of drug-likeness (QED) is 0.645. The van der Waals surface area contributed by atoms with E-state index in [9.17, 15) is 4.79 Å². The lowest BCUT2D eigenvalue weighted by Crippen LogP contribution is -2.05. The molecule has 0 atom stereocenters. The van der Waals surface area contributed by atoms with Gasteiger partial charge < -0.3 is 10.5 Å². The fraction of sp³-hybridized carbons (Fsp3) is 0.0833. The van der Waals surface area contributed by atoms with Crippen LogP contribution in [0.4, 0.5) is 5.69 Å². The van der Waals surface area contributed by atoms with E-state index in [4.69, 9.17) is 5.73 Å². The summed E-state index contributed by atoms with van der Waals surface area (Å²) in [5.74, 6) is -0.417. The fourth-order valence-corrected chi connectivity index (χ4v) is 2.09. The Morgan fingerprint density at radius 2 is 2.12 bits per heavy atom. The predicted octanol–water partition coefficient (Wildman–Crippen LogP) is 2.97. The van der Waals surface area contributed by atoms with Gasteiger partial charge in [-0.1, -0.05) is 28.1 Å². The number of anilines is 1. The van der Waals surface area contributed by atoms with E-state index in [0.29, 0.717) is 11.3 Å². The Morgan fingerprint density at radius 3 is 2.81 bits per heavy atom. The van der Waals surface area contributed by atoms with Gasteiger partial charge in [0.25, 0.3) is 0 Å². The molecule has 2 N–H and O–H groups in total. The zero-order chi connectivity index (χ0) is 11.7. The van der Waals surface area contributed by atoms with Crippen LogP contribution < -0.4 is 5.73 Å². The molecule has 16 heavy (non-hydrogen) atoms. The van der Waals surface area contributed by atoms with Gasteiger partial charge in [0.2, 0.25) is 0 Å². The Hall–Kier alpha value is -1.55. The average Bonchev–Trinajstić information content (AvgIpc) is 2.29. The molecule has 0 radical (unpaired) electrons. The molecular weight excluding hydrogens is 270 g/mol. The molecule has 0 spiro atoms. The number of rotatable bonds is 1. The number of nitrogens with two attached hydrogens (primary N) is 1. The van der Waals surface area contributed by atoms with Gasteiger partial charge in [0.05, 0.1) is 12.7 Å². The molecule has 2 aromatic carbocycles. The number of halogens is 1. The van der Waals surface area contributed by atoms with Gasteiger partial charge in [-0.2, -0.15) is 0 Å². The molecule has 0 saturated carbocycles. The van der Waals surface area contributed by atoms with Crippen LogP contribution in [0.5, 0.6) is 0 Å². The summed E-state index contributed by atoms with van der Waals surface area (Å²) in [5, 5.41) is 1.93. The fourth-order valence-electron chi connectivity index (χ4n) is 1.59. The van der Waals surface area contributed by atoms with E-state index in [2.05, 4.69) is 20.7 Å². The van der Waals surface area contributed by atoms with Gasteiger partial charge in [0.1, 0.15) is 0 Å². The van der Waals surface area contributed by atoms with Gasteiger partial charge in [0, 0.05) is 10.2 Å². The third-order valence-electron chi connectivity index (χ3n) is 2.40. The summed E-state index contributed by atoms with van der Waals surface area (Å²) < 4.78 is 5.62. The minimum atomic E-state index is -0.417. The smallest absolute Gasteiger partial charge is 0.339 e. The van der Waals surface area contributed by atoms with E-state index in [1.54, 1.807) is 12.1 Å². The summed E-state index contributed by atoms with van der Waals surface area (Å²) in [7, 11) is 1.34. The molecule has 0 aliphatic carbocycles. The van der Waals surface area contributed by atoms with Gasteiger partial charge in [-0.15, -0.1) is 0 Å². The van der Waals surface area contributed by atoms with Crippen molar-refractivity contribution in [3.8, 4) is 0 Å². The van der Waals surface area contributed by atoms with Crippen LogP contribution in [0.3, 0.4) is 0 Å². The van der Waals surface area contributed by atoms with E-state index in [1.807, 2.05) is 18.2 Å². The summed E-state index contributed by atoms with van der Waals surface area (Å²) >= 11 is 3.44. The molecule has 0 aliphatic rings. The highest BCUT2D eigenvalue weighted by Gasteiger charge is 2.11. The largest absolute Gasteiger partial charge is 0.465 e. The molecule has 0 aromatic heterocycles. The van der Waals surface area contributed by atoms with Crippen LogP contribution in [0.25, 0.3) is 10.8 Å². The molecule has 2 rings (SSSR count). The molecule has 0 amide bonds. The van der Waals surface area contributed by atoms with Gasteiger partial charge >= 0.3 is 5.97 Å². The van der Waals surface area contributed by atoms with Crippen molar-refractivity contribution in [3.63, 3.8) is 0 Å². The second kappa shape index (κ2) is 4.14. The number of hydrogen-bond donors (Lipinski definition) is 1. The summed E-state index contributed by atoms with van der Waals surface area (Å²) in [5.41, 5.74) is 6.63. The van der Waals surface area contributed by atoms with E-state index in [0.717, 1.165) is 15.2 Å². The molecule has 0 fully saturated rings. The number of carbonyl (C=O) groups excluding carboxylic acids is 1. The third kappa shape index (κ3) is 1.76. The van der Waals surface area contributed by atoms with Crippen molar-refractivity contribution in [3.05, 3.63) is 40.4 Å². The van der Waals surface area contributed by atoms with Crippen LogP contribution >= 0.6 is 15.9 Å². The Bertz CT molecular complexity index is 566. The summed E-state index contributed by atoms with van der Waals surface area (Å²) in [6.45, 7) is 0. The highest BCUT2D eigenvalue weighted by Crippen LogP contribution is 2.28. The highest BCUT2D eigenvalue weighted by molar-refractivity contribution is 9.10. The van der Waals surface area contributed by atoms with Crippen LogP contribution in [-0.2, 0) is 4.74 Å². The first-order valence-electron chi connectivity index (χ1n) is 4.69.